The predicted octanol–water partition coefficient (Wildman–Crippen LogP) is 6.11. The van der Waals surface area contributed by atoms with Crippen molar-refractivity contribution < 1.29 is 19.1 Å². The van der Waals surface area contributed by atoms with E-state index in [9.17, 15) is 9.59 Å². The van der Waals surface area contributed by atoms with E-state index in [1.807, 2.05) is 50.7 Å². The van der Waals surface area contributed by atoms with E-state index >= 15 is 0 Å². The summed E-state index contributed by atoms with van der Waals surface area (Å²) in [4.78, 5) is 36.6. The Hall–Kier alpha value is -4.54. The maximum absolute atomic E-state index is 12.7. The second-order valence-electron chi connectivity index (χ2n) is 13.0. The first-order valence-electron chi connectivity index (χ1n) is 18.8. The second-order valence-corrected chi connectivity index (χ2v) is 15.4. The standard InChI is InChI=1S/C44H59N6O2S2/c1-7-45-30-14-11-9-10-12-18-38-20-25-40(26-21-38)46(3)31-16-33-48(5)43(51)36-53-54-37-44(52)49(6)34-17-32-47(4)41-27-22-39(23-28-41)24-29-42-19-13-15-35-50(42)8-2/h9-15,18-30,35H,7-8,16-17,31-34,36-37H2,1-6H3/q+1/p+1/b10-9+,14-11-,18-12+,45-30?. The van der Waals surface area contributed by atoms with Crippen LogP contribution in [-0.2, 0) is 16.1 Å². The van der Waals surface area contributed by atoms with Gasteiger partial charge in [0.15, 0.2) is 12.4 Å². The monoisotopic (exact) mass is 768 g/mol. The van der Waals surface area contributed by atoms with Gasteiger partial charge in [-0.3, -0.25) is 9.59 Å². The largest absolute Gasteiger partial charge is 0.375 e. The number of pyridine rings is 1. The summed E-state index contributed by atoms with van der Waals surface area (Å²) in [6, 6.07) is 23.3. The van der Waals surface area contributed by atoms with Gasteiger partial charge in [-0.15, -0.1) is 0 Å². The molecule has 8 nitrogen and oxygen atoms in total. The zero-order valence-corrected chi connectivity index (χ0v) is 34.7. The first kappa shape index (κ1) is 43.9. The first-order valence-corrected chi connectivity index (χ1v) is 21.3. The molecule has 0 fully saturated rings. The van der Waals surface area contributed by atoms with E-state index in [0.717, 1.165) is 61.5 Å². The van der Waals surface area contributed by atoms with Crippen molar-refractivity contribution in [1.82, 2.24) is 9.80 Å². The average Bonchev–Trinajstić information content (AvgIpc) is 3.19. The molecular weight excluding hydrogens is 709 g/mol. The summed E-state index contributed by atoms with van der Waals surface area (Å²) in [7, 11) is 10.8. The third-order valence-corrected chi connectivity index (χ3v) is 11.0. The van der Waals surface area contributed by atoms with Gasteiger partial charge >= 0.3 is 0 Å². The van der Waals surface area contributed by atoms with E-state index in [0.29, 0.717) is 24.6 Å². The molecule has 2 amide bonds. The molecule has 0 saturated carbocycles. The van der Waals surface area contributed by atoms with E-state index in [1.54, 1.807) is 9.80 Å². The van der Waals surface area contributed by atoms with Crippen LogP contribution in [-0.4, -0.2) is 100 Å². The summed E-state index contributed by atoms with van der Waals surface area (Å²) in [6.45, 7) is 9.15. The highest BCUT2D eigenvalue weighted by molar-refractivity contribution is 8.77. The summed E-state index contributed by atoms with van der Waals surface area (Å²) in [5, 5.41) is 0. The Kier molecular flexibility index (Phi) is 20.7. The molecule has 0 aliphatic carbocycles. The van der Waals surface area contributed by atoms with Crippen molar-refractivity contribution in [3.8, 4) is 0 Å². The van der Waals surface area contributed by atoms with Crippen LogP contribution in [0.3, 0.4) is 0 Å². The molecule has 1 N–H and O–H groups in total. The van der Waals surface area contributed by atoms with Crippen molar-refractivity contribution in [3.05, 3.63) is 120 Å². The second kappa shape index (κ2) is 25.5. The van der Waals surface area contributed by atoms with Crippen LogP contribution in [0.15, 0.2) is 103 Å². The van der Waals surface area contributed by atoms with Crippen molar-refractivity contribution in [2.45, 2.75) is 33.2 Å². The maximum Gasteiger partial charge on any atom is 0.233 e. The molecule has 0 atom stereocenters. The van der Waals surface area contributed by atoms with Crippen LogP contribution in [0.5, 0.6) is 0 Å². The van der Waals surface area contributed by atoms with Gasteiger partial charge in [0, 0.05) is 90.0 Å². The minimum Gasteiger partial charge on any atom is -0.375 e. The van der Waals surface area contributed by atoms with E-state index in [2.05, 4.69) is 138 Å². The fourth-order valence-electron chi connectivity index (χ4n) is 5.39. The third-order valence-electron chi connectivity index (χ3n) is 8.86. The molecule has 54 heavy (non-hydrogen) atoms. The number of hydrogen-bond donors (Lipinski definition) is 1. The molecule has 1 aromatic heterocycles. The minimum absolute atomic E-state index is 0.0836. The number of benzene rings is 2. The van der Waals surface area contributed by atoms with Gasteiger partial charge in [0.05, 0.1) is 11.5 Å². The fourth-order valence-corrected chi connectivity index (χ4v) is 7.31. The lowest BCUT2D eigenvalue weighted by atomic mass is 10.1. The van der Waals surface area contributed by atoms with Gasteiger partial charge in [0.25, 0.3) is 0 Å². The Bertz CT molecular complexity index is 1700. The molecule has 288 valence electrons. The molecule has 0 aliphatic heterocycles. The Labute approximate surface area is 332 Å². The Morgan fingerprint density at radius 2 is 1.15 bits per heavy atom. The zero-order valence-electron chi connectivity index (χ0n) is 33.1. The fraction of sp³-hybridized carbons (Fsp3) is 0.364. The Morgan fingerprint density at radius 3 is 1.69 bits per heavy atom. The molecule has 1 heterocycles. The molecule has 0 aliphatic rings. The summed E-state index contributed by atoms with van der Waals surface area (Å²) in [6.07, 6.45) is 22.2. The molecule has 0 saturated heterocycles. The summed E-state index contributed by atoms with van der Waals surface area (Å²) >= 11 is 0. The smallest absolute Gasteiger partial charge is 0.233 e. The predicted molar refractivity (Wildman–Crippen MR) is 235 cm³/mol. The highest BCUT2D eigenvalue weighted by Crippen LogP contribution is 2.22. The van der Waals surface area contributed by atoms with Crippen LogP contribution < -0.4 is 19.4 Å². The number of aromatic nitrogens is 1. The maximum atomic E-state index is 12.7. The number of nitrogens with one attached hydrogen (secondary N) is 1. The van der Waals surface area contributed by atoms with Gasteiger partial charge in [0.1, 0.15) is 13.1 Å². The normalized spacial score (nSPS) is 11.8. The third kappa shape index (κ3) is 16.6. The van der Waals surface area contributed by atoms with E-state index in [4.69, 9.17) is 0 Å². The average molecular weight is 769 g/mol. The van der Waals surface area contributed by atoms with Crippen molar-refractivity contribution in [1.29, 1.82) is 0 Å². The van der Waals surface area contributed by atoms with Crippen LogP contribution in [0.1, 0.15) is 43.5 Å². The Morgan fingerprint density at radius 1 is 0.630 bits per heavy atom. The van der Waals surface area contributed by atoms with Crippen molar-refractivity contribution in [2.75, 3.05) is 82.2 Å². The topological polar surface area (TPSA) is 65.0 Å². The van der Waals surface area contributed by atoms with E-state index < -0.39 is 0 Å². The van der Waals surface area contributed by atoms with Crippen LogP contribution in [0.2, 0.25) is 0 Å². The van der Waals surface area contributed by atoms with Gasteiger partial charge in [-0.1, -0.05) is 76.2 Å². The van der Waals surface area contributed by atoms with Gasteiger partial charge < -0.3 is 19.6 Å². The zero-order chi connectivity index (χ0) is 39.0. The number of aryl methyl sites for hydroxylation is 1. The molecule has 2 aromatic carbocycles. The molecule has 10 heteroatoms. The number of anilines is 2. The molecule has 3 aromatic rings. The number of allylic oxidation sites excluding steroid dienone is 5. The number of rotatable bonds is 23. The lowest BCUT2D eigenvalue weighted by Gasteiger charge is -2.22. The van der Waals surface area contributed by atoms with Crippen LogP contribution in [0.25, 0.3) is 18.2 Å². The van der Waals surface area contributed by atoms with Crippen molar-refractivity contribution in [3.63, 3.8) is 0 Å². The van der Waals surface area contributed by atoms with Crippen LogP contribution in [0, 0.1) is 0 Å². The van der Waals surface area contributed by atoms with Gasteiger partial charge in [0.2, 0.25) is 17.5 Å². The SMILES string of the molecule is CC[NH+]=C\C=C/C=C/C=C/c1ccc(N(C)CCCN(C)C(=O)CSSCC(=O)N(C)CCCN(C)c2ccc(/C=C/c3cccc[n+]3CC)cc2)cc1. The Balaban J connectivity index is 1.26. The highest BCUT2D eigenvalue weighted by atomic mass is 33.1. The van der Waals surface area contributed by atoms with Gasteiger partial charge in [-0.25, -0.2) is 4.99 Å². The summed E-state index contributed by atoms with van der Waals surface area (Å²) < 4.78 is 2.22. The van der Waals surface area contributed by atoms with E-state index in [1.165, 1.54) is 27.3 Å². The van der Waals surface area contributed by atoms with Gasteiger partial charge in [-0.05, 0) is 74.2 Å². The molecular formula is C44H60N6O2S2+2. The number of nitrogens with zero attached hydrogens (tertiary/aromatic N) is 5. The minimum atomic E-state index is 0.0836. The number of carbonyl (C=O) groups excluding carboxylic acids is 2. The van der Waals surface area contributed by atoms with Crippen molar-refractivity contribution >= 4 is 69.2 Å². The lowest BCUT2D eigenvalue weighted by molar-refractivity contribution is -0.695. The molecule has 0 radical (unpaired) electrons. The molecule has 0 bridgehead atoms. The molecule has 0 unspecified atom stereocenters. The summed E-state index contributed by atoms with van der Waals surface area (Å²) in [5.41, 5.74) is 5.78. The van der Waals surface area contributed by atoms with E-state index in [-0.39, 0.29) is 11.8 Å². The van der Waals surface area contributed by atoms with Gasteiger partial charge in [-0.2, -0.15) is 4.57 Å². The lowest BCUT2D eigenvalue weighted by Crippen LogP contribution is -2.67. The highest BCUT2D eigenvalue weighted by Gasteiger charge is 2.13. The van der Waals surface area contributed by atoms with Crippen molar-refractivity contribution in [2.24, 2.45) is 0 Å². The first-order chi connectivity index (χ1) is 26.2. The number of carbonyl (C=O) groups is 2. The molecule has 3 rings (SSSR count). The van der Waals surface area contributed by atoms with Crippen LogP contribution >= 0.6 is 21.6 Å². The number of amides is 2. The summed E-state index contributed by atoms with van der Waals surface area (Å²) in [5.74, 6) is 0.877. The number of hydrogen-bond acceptors (Lipinski definition) is 6. The van der Waals surface area contributed by atoms with Crippen LogP contribution in [0.4, 0.5) is 11.4 Å². The quantitative estimate of drug-likeness (QED) is 0.0413. The molecule has 0 spiro atoms.